The topological polar surface area (TPSA) is 83.1 Å². The molecule has 9 aromatic carbocycles. The molecule has 0 saturated heterocycles. The third-order valence-electron chi connectivity index (χ3n) is 13.6. The normalized spacial score (nSPS) is 11.4. The summed E-state index contributed by atoms with van der Waals surface area (Å²) in [5, 5.41) is 4.48. The first-order valence-electron chi connectivity index (χ1n) is 24.2. The molecule has 0 saturated carbocycles. The Morgan fingerprint density at radius 1 is 0.329 bits per heavy atom. The van der Waals surface area contributed by atoms with Gasteiger partial charge in [-0.3, -0.25) is 4.98 Å². The first kappa shape index (κ1) is 43.2. The summed E-state index contributed by atoms with van der Waals surface area (Å²) in [6.07, 6.45) is 3.66. The number of para-hydroxylation sites is 2. The highest BCUT2D eigenvalue weighted by Crippen LogP contribution is 2.43. The fourth-order valence-electron chi connectivity index (χ4n) is 10.2. The first-order chi connectivity index (χ1) is 36.1. The van der Waals surface area contributed by atoms with Gasteiger partial charge in [-0.15, -0.1) is 0 Å². The van der Waals surface area contributed by atoms with Crippen molar-refractivity contribution in [3.8, 4) is 68.2 Å². The van der Waals surface area contributed by atoms with E-state index in [1.54, 1.807) is 14.2 Å². The number of rotatable bonds is 11. The highest BCUT2D eigenvalue weighted by Gasteiger charge is 2.22. The van der Waals surface area contributed by atoms with Gasteiger partial charge in [0.25, 0.3) is 0 Å². The fraction of sp³-hybridized carbons (Fsp3) is 0.0312. The number of aromatic nitrogens is 6. The zero-order chi connectivity index (χ0) is 48.8. The summed E-state index contributed by atoms with van der Waals surface area (Å²) in [6, 6.07) is 78.3. The zero-order valence-electron chi connectivity index (χ0n) is 40.0. The van der Waals surface area contributed by atoms with E-state index >= 15 is 0 Å². The SMILES string of the molecule is COc1ccc2c(c1)c1ccccc1n2-c1cc(N(c2ccc(-c3ccncc3)cc2)c2ccc(-c3nc(-c4ccccc4)nc(-c4ccccc4)n3)cc2)cc(-n2c3ccccc3c3cc(OC)ccc32)c1. The number of ether oxygens (including phenoxy) is 2. The van der Waals surface area contributed by atoms with Crippen LogP contribution in [-0.4, -0.2) is 43.3 Å². The summed E-state index contributed by atoms with van der Waals surface area (Å²) in [5.41, 5.74) is 14.0. The molecule has 0 unspecified atom stereocenters. The molecule has 0 N–H and O–H groups in total. The molecule has 348 valence electrons. The Bertz CT molecular complexity index is 3960. The predicted molar refractivity (Wildman–Crippen MR) is 296 cm³/mol. The van der Waals surface area contributed by atoms with Crippen LogP contribution >= 0.6 is 0 Å². The molecule has 0 amide bonds. The smallest absolute Gasteiger partial charge is 0.164 e. The van der Waals surface area contributed by atoms with E-state index in [0.29, 0.717) is 17.5 Å². The minimum absolute atomic E-state index is 0.586. The van der Waals surface area contributed by atoms with E-state index in [4.69, 9.17) is 24.4 Å². The number of hydrogen-bond acceptors (Lipinski definition) is 7. The molecule has 13 aromatic rings. The van der Waals surface area contributed by atoms with Crippen molar-refractivity contribution >= 4 is 60.7 Å². The molecule has 0 radical (unpaired) electrons. The molecule has 0 spiro atoms. The lowest BCUT2D eigenvalue weighted by Crippen LogP contribution is -2.12. The van der Waals surface area contributed by atoms with Crippen LogP contribution in [0.2, 0.25) is 0 Å². The Balaban J connectivity index is 1.05. The summed E-state index contributed by atoms with van der Waals surface area (Å²) >= 11 is 0. The third kappa shape index (κ3) is 7.76. The largest absolute Gasteiger partial charge is 0.497 e. The minimum Gasteiger partial charge on any atom is -0.497 e. The molecule has 4 aromatic heterocycles. The summed E-state index contributed by atoms with van der Waals surface area (Å²) in [4.78, 5) is 21.7. The second-order valence-corrected chi connectivity index (χ2v) is 17.9. The van der Waals surface area contributed by atoms with Gasteiger partial charge < -0.3 is 23.5 Å². The molecule has 9 nitrogen and oxygen atoms in total. The first-order valence-corrected chi connectivity index (χ1v) is 24.2. The van der Waals surface area contributed by atoms with E-state index < -0.39 is 0 Å². The Hall–Kier alpha value is -9.86. The maximum Gasteiger partial charge on any atom is 0.164 e. The van der Waals surface area contributed by atoms with Crippen LogP contribution in [0.25, 0.3) is 100 Å². The van der Waals surface area contributed by atoms with Crippen molar-refractivity contribution in [2.75, 3.05) is 19.1 Å². The summed E-state index contributed by atoms with van der Waals surface area (Å²) in [6.45, 7) is 0. The van der Waals surface area contributed by atoms with Crippen LogP contribution in [0.1, 0.15) is 0 Å². The van der Waals surface area contributed by atoms with Gasteiger partial charge in [0.1, 0.15) is 11.5 Å². The zero-order valence-corrected chi connectivity index (χ0v) is 40.0. The van der Waals surface area contributed by atoms with Gasteiger partial charge >= 0.3 is 0 Å². The average molecular weight is 944 g/mol. The molecule has 73 heavy (non-hydrogen) atoms. The summed E-state index contributed by atoms with van der Waals surface area (Å²) in [7, 11) is 3.44. The van der Waals surface area contributed by atoms with Crippen LogP contribution in [-0.2, 0) is 0 Å². The van der Waals surface area contributed by atoms with Crippen molar-refractivity contribution in [1.82, 2.24) is 29.1 Å². The van der Waals surface area contributed by atoms with E-state index in [9.17, 15) is 0 Å². The van der Waals surface area contributed by atoms with Crippen molar-refractivity contribution in [3.05, 3.63) is 237 Å². The Labute approximate surface area is 421 Å². The van der Waals surface area contributed by atoms with Gasteiger partial charge in [0.2, 0.25) is 0 Å². The van der Waals surface area contributed by atoms with Crippen molar-refractivity contribution in [2.45, 2.75) is 0 Å². The van der Waals surface area contributed by atoms with Crippen LogP contribution in [0.3, 0.4) is 0 Å². The lowest BCUT2D eigenvalue weighted by molar-refractivity contribution is 0.415. The standard InChI is InChI=1S/C64H45N7O2/c1-72-52-29-31-60-56(40-52)54-17-9-11-19-58(54)70(60)50-37-49(38-51(39-50)71-59-20-12-10-18-55(59)57-41-53(73-2)30-32-61(57)71)69(47-25-21-42(22-26-47)43-33-35-65-36-34-43)48-27-23-46(24-28-48)64-67-62(44-13-5-3-6-14-44)66-63(68-64)45-15-7-4-8-16-45/h3-41H,1-2H3. The quantitative estimate of drug-likeness (QED) is 0.128. The van der Waals surface area contributed by atoms with Crippen LogP contribution in [0.15, 0.2) is 237 Å². The van der Waals surface area contributed by atoms with Crippen LogP contribution < -0.4 is 14.4 Å². The molecule has 4 heterocycles. The van der Waals surface area contributed by atoms with Crippen molar-refractivity contribution < 1.29 is 9.47 Å². The van der Waals surface area contributed by atoms with Crippen LogP contribution in [0, 0.1) is 0 Å². The van der Waals surface area contributed by atoms with E-state index in [0.717, 1.165) is 111 Å². The Kier molecular flexibility index (Phi) is 10.7. The summed E-state index contributed by atoms with van der Waals surface area (Å²) in [5.74, 6) is 3.42. The number of benzene rings is 9. The van der Waals surface area contributed by atoms with E-state index in [1.165, 1.54) is 0 Å². The molecule has 0 aliphatic rings. The number of nitrogens with zero attached hydrogens (tertiary/aromatic N) is 7. The predicted octanol–water partition coefficient (Wildman–Crippen LogP) is 15.6. The van der Waals surface area contributed by atoms with Gasteiger partial charge in [-0.2, -0.15) is 0 Å². The highest BCUT2D eigenvalue weighted by atomic mass is 16.5. The number of pyridine rings is 1. The fourth-order valence-corrected chi connectivity index (χ4v) is 10.2. The van der Waals surface area contributed by atoms with E-state index in [-0.39, 0.29) is 0 Å². The van der Waals surface area contributed by atoms with Gasteiger partial charge in [-0.25, -0.2) is 15.0 Å². The molecule has 9 heteroatoms. The molecule has 0 fully saturated rings. The van der Waals surface area contributed by atoms with Crippen molar-refractivity contribution in [3.63, 3.8) is 0 Å². The maximum absolute atomic E-state index is 5.78. The minimum atomic E-state index is 0.586. The van der Waals surface area contributed by atoms with Crippen molar-refractivity contribution in [1.29, 1.82) is 0 Å². The number of hydrogen-bond donors (Lipinski definition) is 0. The van der Waals surface area contributed by atoms with Crippen molar-refractivity contribution in [2.24, 2.45) is 0 Å². The Morgan fingerprint density at radius 2 is 0.726 bits per heavy atom. The summed E-state index contributed by atoms with van der Waals surface area (Å²) < 4.78 is 16.3. The highest BCUT2D eigenvalue weighted by molar-refractivity contribution is 6.11. The average Bonchev–Trinajstić information content (AvgIpc) is 3.98. The molecular formula is C64H45N7O2. The lowest BCUT2D eigenvalue weighted by Gasteiger charge is -2.28. The molecule has 13 rings (SSSR count). The molecular weight excluding hydrogens is 899 g/mol. The van der Waals surface area contributed by atoms with Crippen LogP contribution in [0.5, 0.6) is 11.5 Å². The maximum atomic E-state index is 5.78. The van der Waals surface area contributed by atoms with Crippen LogP contribution in [0.4, 0.5) is 17.1 Å². The Morgan fingerprint density at radius 3 is 1.19 bits per heavy atom. The number of methoxy groups -OCH3 is 2. The number of anilines is 3. The van der Waals surface area contributed by atoms with Gasteiger partial charge in [-0.1, -0.05) is 109 Å². The monoisotopic (exact) mass is 943 g/mol. The third-order valence-corrected chi connectivity index (χ3v) is 13.6. The number of fused-ring (bicyclic) bond motifs is 6. The second kappa shape index (κ2) is 18.1. The van der Waals surface area contributed by atoms with Gasteiger partial charge in [0, 0.05) is 62.0 Å². The van der Waals surface area contributed by atoms with E-state index in [1.807, 2.05) is 97.3 Å². The second-order valence-electron chi connectivity index (χ2n) is 17.9. The molecule has 0 aliphatic heterocycles. The molecule has 0 bridgehead atoms. The van der Waals surface area contributed by atoms with Gasteiger partial charge in [-0.05, 0) is 126 Å². The van der Waals surface area contributed by atoms with Gasteiger partial charge in [0.15, 0.2) is 17.5 Å². The molecule has 0 aliphatic carbocycles. The lowest BCUT2D eigenvalue weighted by atomic mass is 10.1. The van der Waals surface area contributed by atoms with E-state index in [2.05, 4.69) is 159 Å². The van der Waals surface area contributed by atoms with Gasteiger partial charge in [0.05, 0.1) is 53.3 Å². The molecule has 0 atom stereocenters.